The summed E-state index contributed by atoms with van der Waals surface area (Å²) in [4.78, 5) is 31.5. The molecule has 108 valence electrons. The van der Waals surface area contributed by atoms with Crippen LogP contribution in [0.25, 0.3) is 0 Å². The third-order valence-corrected chi connectivity index (χ3v) is 2.42. The number of amides is 1. The quantitative estimate of drug-likeness (QED) is 0.529. The predicted octanol–water partition coefficient (Wildman–Crippen LogP) is 1.11. The summed E-state index contributed by atoms with van der Waals surface area (Å²) in [5.74, 6) is -3.39. The first kappa shape index (κ1) is 15.3. The van der Waals surface area contributed by atoms with Crippen molar-refractivity contribution in [2.75, 3.05) is 5.32 Å². The van der Waals surface area contributed by atoms with Gasteiger partial charge in [-0.25, -0.2) is 9.18 Å². The lowest BCUT2D eigenvalue weighted by atomic mass is 10.1. The Labute approximate surface area is 112 Å². The number of anilines is 1. The van der Waals surface area contributed by atoms with Crippen molar-refractivity contribution in [2.24, 2.45) is 5.73 Å². The number of nitrogens with one attached hydrogen (secondary N) is 1. The van der Waals surface area contributed by atoms with E-state index in [1.165, 1.54) is 6.92 Å². The second-order valence-corrected chi connectivity index (χ2v) is 4.13. The van der Waals surface area contributed by atoms with E-state index in [9.17, 15) is 24.1 Å². The van der Waals surface area contributed by atoms with Crippen LogP contribution in [-0.4, -0.2) is 27.9 Å². The summed E-state index contributed by atoms with van der Waals surface area (Å²) in [7, 11) is 0. The van der Waals surface area contributed by atoms with E-state index in [2.05, 4.69) is 5.32 Å². The highest BCUT2D eigenvalue weighted by molar-refractivity contribution is 5.90. The van der Waals surface area contributed by atoms with Crippen LogP contribution in [0.5, 0.6) is 0 Å². The minimum absolute atomic E-state index is 0.114. The van der Waals surface area contributed by atoms with Crippen LogP contribution in [0, 0.1) is 15.9 Å². The molecule has 1 amide bonds. The van der Waals surface area contributed by atoms with Gasteiger partial charge in [0.05, 0.1) is 16.6 Å². The molecule has 0 saturated carbocycles. The number of nitrogens with two attached hydrogens (primary N) is 1. The number of carbonyl (C=O) groups excluding carboxylic acids is 1. The van der Waals surface area contributed by atoms with Gasteiger partial charge in [0.15, 0.2) is 0 Å². The normalized spacial score (nSPS) is 11.7. The molecule has 0 spiro atoms. The Bertz CT molecular complexity index is 575. The van der Waals surface area contributed by atoms with E-state index in [1.54, 1.807) is 0 Å². The number of hydrogen-bond donors (Lipinski definition) is 3. The number of rotatable bonds is 6. The standard InChI is InChI=1S/C11H12FN3O5/c1-5(2-10(13)16)14-8-3-6(11(17)18)7(12)4-9(8)15(19)20/h3-5,14H,2H2,1H3,(H2,13,16)(H,17,18). The number of aromatic carboxylic acids is 1. The molecule has 0 aromatic heterocycles. The summed E-state index contributed by atoms with van der Waals surface area (Å²) in [6, 6.07) is 0.758. The SMILES string of the molecule is CC(CC(N)=O)Nc1cc(C(=O)O)c(F)cc1[N+](=O)[O-]. The lowest BCUT2D eigenvalue weighted by molar-refractivity contribution is -0.384. The molecule has 1 aromatic rings. The Hall–Kier alpha value is -2.71. The molecule has 9 heteroatoms. The molecule has 0 bridgehead atoms. The Kier molecular flexibility index (Phi) is 4.57. The average molecular weight is 285 g/mol. The Morgan fingerprint density at radius 2 is 2.15 bits per heavy atom. The van der Waals surface area contributed by atoms with Crippen molar-refractivity contribution in [3.05, 3.63) is 33.6 Å². The van der Waals surface area contributed by atoms with E-state index in [4.69, 9.17) is 10.8 Å². The van der Waals surface area contributed by atoms with Crippen molar-refractivity contribution < 1.29 is 24.0 Å². The number of nitrogens with zero attached hydrogens (tertiary/aromatic N) is 1. The second kappa shape index (κ2) is 5.95. The minimum Gasteiger partial charge on any atom is -0.478 e. The number of hydrogen-bond acceptors (Lipinski definition) is 5. The fraction of sp³-hybridized carbons (Fsp3) is 0.273. The molecular weight excluding hydrogens is 273 g/mol. The van der Waals surface area contributed by atoms with Gasteiger partial charge < -0.3 is 16.2 Å². The third kappa shape index (κ3) is 3.64. The number of carbonyl (C=O) groups is 2. The zero-order valence-corrected chi connectivity index (χ0v) is 10.4. The van der Waals surface area contributed by atoms with Crippen LogP contribution in [0.15, 0.2) is 12.1 Å². The summed E-state index contributed by atoms with van der Waals surface area (Å²) in [6.07, 6.45) is -0.114. The van der Waals surface area contributed by atoms with E-state index in [0.29, 0.717) is 6.07 Å². The molecule has 0 fully saturated rings. The lowest BCUT2D eigenvalue weighted by Gasteiger charge is -2.14. The van der Waals surface area contributed by atoms with Crippen molar-refractivity contribution in [3.8, 4) is 0 Å². The number of nitro benzene ring substituents is 1. The molecule has 0 aliphatic heterocycles. The zero-order valence-electron chi connectivity index (χ0n) is 10.4. The maximum atomic E-state index is 13.4. The van der Waals surface area contributed by atoms with E-state index in [0.717, 1.165) is 6.07 Å². The van der Waals surface area contributed by atoms with Gasteiger partial charge in [-0.2, -0.15) is 0 Å². The monoisotopic (exact) mass is 285 g/mol. The van der Waals surface area contributed by atoms with Crippen LogP contribution < -0.4 is 11.1 Å². The molecule has 1 rings (SSSR count). The van der Waals surface area contributed by atoms with Gasteiger partial charge in [-0.05, 0) is 13.0 Å². The number of halogens is 1. The molecule has 4 N–H and O–H groups in total. The van der Waals surface area contributed by atoms with Crippen LogP contribution in [0.4, 0.5) is 15.8 Å². The van der Waals surface area contributed by atoms with Gasteiger partial charge in [-0.15, -0.1) is 0 Å². The fourth-order valence-electron chi connectivity index (χ4n) is 1.61. The van der Waals surface area contributed by atoms with Crippen molar-refractivity contribution in [2.45, 2.75) is 19.4 Å². The Morgan fingerprint density at radius 1 is 1.55 bits per heavy atom. The summed E-state index contributed by atoms with van der Waals surface area (Å²) < 4.78 is 13.4. The van der Waals surface area contributed by atoms with Crippen molar-refractivity contribution in [1.82, 2.24) is 0 Å². The van der Waals surface area contributed by atoms with E-state index in [1.807, 2.05) is 0 Å². The highest BCUT2D eigenvalue weighted by Crippen LogP contribution is 2.28. The maximum Gasteiger partial charge on any atom is 0.338 e. The summed E-state index contributed by atoms with van der Waals surface area (Å²) >= 11 is 0. The minimum atomic E-state index is -1.55. The van der Waals surface area contributed by atoms with E-state index < -0.39 is 39.9 Å². The fourth-order valence-corrected chi connectivity index (χ4v) is 1.61. The average Bonchev–Trinajstić information content (AvgIpc) is 2.29. The first-order valence-electron chi connectivity index (χ1n) is 5.48. The number of carboxylic acids is 1. The molecule has 8 nitrogen and oxygen atoms in total. The van der Waals surface area contributed by atoms with Crippen molar-refractivity contribution >= 4 is 23.3 Å². The van der Waals surface area contributed by atoms with Crippen LogP contribution in [0.1, 0.15) is 23.7 Å². The molecule has 0 aliphatic rings. The van der Waals surface area contributed by atoms with Gasteiger partial charge >= 0.3 is 5.97 Å². The molecule has 1 atom stereocenters. The van der Waals surface area contributed by atoms with Crippen LogP contribution in [0.3, 0.4) is 0 Å². The second-order valence-electron chi connectivity index (χ2n) is 4.13. The zero-order chi connectivity index (χ0) is 15.4. The maximum absolute atomic E-state index is 13.4. The first-order chi connectivity index (χ1) is 9.22. The highest BCUT2D eigenvalue weighted by atomic mass is 19.1. The Balaban J connectivity index is 3.20. The molecule has 0 heterocycles. The molecule has 1 unspecified atom stereocenters. The molecule has 20 heavy (non-hydrogen) atoms. The molecule has 0 aliphatic carbocycles. The Morgan fingerprint density at radius 3 is 2.60 bits per heavy atom. The number of primary amides is 1. The van der Waals surface area contributed by atoms with Gasteiger partial charge in [0, 0.05) is 12.5 Å². The first-order valence-corrected chi connectivity index (χ1v) is 5.48. The molecular formula is C11H12FN3O5. The topological polar surface area (TPSA) is 136 Å². The van der Waals surface area contributed by atoms with Gasteiger partial charge in [0.2, 0.25) is 5.91 Å². The largest absolute Gasteiger partial charge is 0.478 e. The summed E-state index contributed by atoms with van der Waals surface area (Å²) in [6.45, 7) is 1.53. The van der Waals surface area contributed by atoms with Crippen molar-refractivity contribution in [1.29, 1.82) is 0 Å². The van der Waals surface area contributed by atoms with Crippen LogP contribution in [0.2, 0.25) is 0 Å². The van der Waals surface area contributed by atoms with Gasteiger partial charge in [0.25, 0.3) is 5.69 Å². The van der Waals surface area contributed by atoms with Crippen molar-refractivity contribution in [3.63, 3.8) is 0 Å². The molecule has 0 radical (unpaired) electrons. The predicted molar refractivity (Wildman–Crippen MR) is 66.9 cm³/mol. The van der Waals surface area contributed by atoms with Gasteiger partial charge in [-0.1, -0.05) is 0 Å². The van der Waals surface area contributed by atoms with E-state index in [-0.39, 0.29) is 12.1 Å². The molecule has 1 aromatic carbocycles. The van der Waals surface area contributed by atoms with Crippen LogP contribution in [-0.2, 0) is 4.79 Å². The number of carboxylic acid groups (broad SMARTS) is 1. The van der Waals surface area contributed by atoms with Gasteiger partial charge in [-0.3, -0.25) is 14.9 Å². The molecule has 0 saturated heterocycles. The number of nitro groups is 1. The lowest BCUT2D eigenvalue weighted by Crippen LogP contribution is -2.24. The smallest absolute Gasteiger partial charge is 0.338 e. The summed E-state index contributed by atoms with van der Waals surface area (Å²) in [5.41, 5.74) is 3.46. The van der Waals surface area contributed by atoms with Gasteiger partial charge in [0.1, 0.15) is 11.5 Å². The third-order valence-electron chi connectivity index (χ3n) is 2.42. The highest BCUT2D eigenvalue weighted by Gasteiger charge is 2.22. The van der Waals surface area contributed by atoms with Crippen LogP contribution >= 0.6 is 0 Å². The van der Waals surface area contributed by atoms with E-state index >= 15 is 0 Å². The number of benzene rings is 1. The summed E-state index contributed by atoms with van der Waals surface area (Å²) in [5, 5.41) is 22.2.